The summed E-state index contributed by atoms with van der Waals surface area (Å²) >= 11 is 0. The summed E-state index contributed by atoms with van der Waals surface area (Å²) in [5.74, 6) is -2.15. The Kier molecular flexibility index (Phi) is 6.76. The summed E-state index contributed by atoms with van der Waals surface area (Å²) in [5.41, 5.74) is 1.76. The highest BCUT2D eigenvalue weighted by Gasteiger charge is 2.25. The Morgan fingerprint density at radius 2 is 1.69 bits per heavy atom. The van der Waals surface area contributed by atoms with E-state index < -0.39 is 22.7 Å². The van der Waals surface area contributed by atoms with Gasteiger partial charge in [0.25, 0.3) is 11.8 Å². The molecule has 1 saturated heterocycles. The molecule has 0 unspecified atom stereocenters. The number of anilines is 2. The lowest BCUT2D eigenvalue weighted by atomic mass is 10.1. The standard InChI is InChI=1S/C24H22N4O7/c1-34-24(31)17-7-8-19(18(15-17)25-22(29)20-9-10-21(35-20)28(32)33)26-11-13-27(14-12-26)23(30)16-5-3-2-4-6-16/h2-10,15H,11-14H2,1H3,(H,25,29). The molecule has 1 N–H and O–H groups in total. The first kappa shape index (κ1) is 23.5. The van der Waals surface area contributed by atoms with Crippen LogP contribution in [-0.4, -0.2) is 60.9 Å². The van der Waals surface area contributed by atoms with Crippen molar-refractivity contribution < 1.29 is 28.5 Å². The molecule has 0 aliphatic carbocycles. The molecular weight excluding hydrogens is 456 g/mol. The number of nitro groups is 1. The Balaban J connectivity index is 1.54. The number of carbonyl (C=O) groups excluding carboxylic acids is 3. The molecule has 4 rings (SSSR count). The summed E-state index contributed by atoms with van der Waals surface area (Å²) in [6.45, 7) is 1.91. The van der Waals surface area contributed by atoms with Gasteiger partial charge in [0, 0.05) is 31.7 Å². The first-order valence-corrected chi connectivity index (χ1v) is 10.7. The molecule has 2 amide bonds. The summed E-state index contributed by atoms with van der Waals surface area (Å²) in [5, 5.41) is 13.5. The van der Waals surface area contributed by atoms with Crippen molar-refractivity contribution in [3.8, 4) is 0 Å². The molecule has 1 aromatic heterocycles. The van der Waals surface area contributed by atoms with Crippen molar-refractivity contribution in [1.82, 2.24) is 4.90 Å². The lowest BCUT2D eigenvalue weighted by molar-refractivity contribution is -0.402. The lowest BCUT2D eigenvalue weighted by Crippen LogP contribution is -2.49. The maximum atomic E-state index is 12.8. The number of ether oxygens (including phenoxy) is 1. The maximum absolute atomic E-state index is 12.8. The smallest absolute Gasteiger partial charge is 0.433 e. The molecule has 11 nitrogen and oxygen atoms in total. The molecule has 0 atom stereocenters. The second-order valence-electron chi connectivity index (χ2n) is 7.72. The Hall–Kier alpha value is -4.67. The third kappa shape index (κ3) is 5.13. The SMILES string of the molecule is COC(=O)c1ccc(N2CCN(C(=O)c3ccccc3)CC2)c(NC(=O)c2ccc([N+](=O)[O-])o2)c1. The minimum absolute atomic E-state index is 0.0563. The third-order valence-electron chi connectivity index (χ3n) is 5.59. The van der Waals surface area contributed by atoms with Gasteiger partial charge in [0.15, 0.2) is 5.76 Å². The molecule has 0 saturated carbocycles. The number of nitrogens with zero attached hydrogens (tertiary/aromatic N) is 3. The van der Waals surface area contributed by atoms with E-state index in [1.54, 1.807) is 29.2 Å². The molecule has 0 bridgehead atoms. The highest BCUT2D eigenvalue weighted by Crippen LogP contribution is 2.30. The van der Waals surface area contributed by atoms with Gasteiger partial charge in [0.05, 0.1) is 30.1 Å². The van der Waals surface area contributed by atoms with Gasteiger partial charge in [0.2, 0.25) is 0 Å². The van der Waals surface area contributed by atoms with Crippen LogP contribution in [0.5, 0.6) is 0 Å². The molecular formula is C24H22N4O7. The fourth-order valence-corrected chi connectivity index (χ4v) is 3.80. The summed E-state index contributed by atoms with van der Waals surface area (Å²) in [7, 11) is 1.25. The van der Waals surface area contributed by atoms with E-state index >= 15 is 0 Å². The molecule has 0 radical (unpaired) electrons. The monoisotopic (exact) mass is 478 g/mol. The van der Waals surface area contributed by atoms with Crippen LogP contribution in [-0.2, 0) is 4.74 Å². The lowest BCUT2D eigenvalue weighted by Gasteiger charge is -2.37. The molecule has 180 valence electrons. The molecule has 0 spiro atoms. The van der Waals surface area contributed by atoms with Gasteiger partial charge in [-0.3, -0.25) is 19.7 Å². The number of carbonyl (C=O) groups is 3. The highest BCUT2D eigenvalue weighted by molar-refractivity contribution is 6.05. The van der Waals surface area contributed by atoms with Crippen LogP contribution in [0, 0.1) is 10.1 Å². The van der Waals surface area contributed by atoms with E-state index in [2.05, 4.69) is 5.32 Å². The number of hydrogen-bond acceptors (Lipinski definition) is 8. The largest absolute Gasteiger partial charge is 0.465 e. The zero-order chi connectivity index (χ0) is 24.9. The molecule has 1 aliphatic heterocycles. The van der Waals surface area contributed by atoms with Crippen LogP contribution in [0.4, 0.5) is 17.3 Å². The van der Waals surface area contributed by atoms with Crippen LogP contribution in [0.2, 0.25) is 0 Å². The molecule has 1 fully saturated rings. The van der Waals surface area contributed by atoms with E-state index in [4.69, 9.17) is 9.15 Å². The normalized spacial score (nSPS) is 13.3. The molecule has 1 aliphatic rings. The van der Waals surface area contributed by atoms with Crippen molar-refractivity contribution >= 4 is 35.0 Å². The van der Waals surface area contributed by atoms with E-state index in [1.165, 1.54) is 19.2 Å². The second kappa shape index (κ2) is 10.1. The first-order valence-electron chi connectivity index (χ1n) is 10.7. The van der Waals surface area contributed by atoms with E-state index in [9.17, 15) is 24.5 Å². The van der Waals surface area contributed by atoms with Crippen molar-refractivity contribution in [3.63, 3.8) is 0 Å². The minimum Gasteiger partial charge on any atom is -0.465 e. The minimum atomic E-state index is -0.740. The van der Waals surface area contributed by atoms with Crippen molar-refractivity contribution in [2.75, 3.05) is 43.5 Å². The van der Waals surface area contributed by atoms with Gasteiger partial charge < -0.3 is 24.3 Å². The predicted molar refractivity (Wildman–Crippen MR) is 126 cm³/mol. The molecule has 3 aromatic rings. The average molecular weight is 478 g/mol. The van der Waals surface area contributed by atoms with Crippen molar-refractivity contribution in [2.45, 2.75) is 0 Å². The quantitative estimate of drug-likeness (QED) is 0.324. The van der Waals surface area contributed by atoms with E-state index in [-0.39, 0.29) is 17.2 Å². The number of furan rings is 1. The van der Waals surface area contributed by atoms with Crippen LogP contribution >= 0.6 is 0 Å². The average Bonchev–Trinajstić information content (AvgIpc) is 3.39. The van der Waals surface area contributed by atoms with Gasteiger partial charge >= 0.3 is 11.9 Å². The van der Waals surface area contributed by atoms with Gasteiger partial charge in [-0.15, -0.1) is 0 Å². The van der Waals surface area contributed by atoms with Gasteiger partial charge in [0.1, 0.15) is 4.92 Å². The fraction of sp³-hybridized carbons (Fsp3) is 0.208. The second-order valence-corrected chi connectivity index (χ2v) is 7.72. The van der Waals surface area contributed by atoms with Gasteiger partial charge in [-0.25, -0.2) is 4.79 Å². The topological polar surface area (TPSA) is 135 Å². The Morgan fingerprint density at radius 1 is 0.971 bits per heavy atom. The van der Waals surface area contributed by atoms with Crippen molar-refractivity contribution in [1.29, 1.82) is 0 Å². The van der Waals surface area contributed by atoms with E-state index in [0.717, 1.165) is 6.07 Å². The van der Waals surface area contributed by atoms with E-state index in [1.807, 2.05) is 23.1 Å². The zero-order valence-corrected chi connectivity index (χ0v) is 18.8. The summed E-state index contributed by atoms with van der Waals surface area (Å²) in [4.78, 5) is 51.4. The van der Waals surface area contributed by atoms with Crippen LogP contribution in [0.3, 0.4) is 0 Å². The number of rotatable bonds is 6. The van der Waals surface area contributed by atoms with Gasteiger partial charge in [-0.1, -0.05) is 18.2 Å². The van der Waals surface area contributed by atoms with Crippen molar-refractivity contribution in [3.05, 3.63) is 87.7 Å². The zero-order valence-electron chi connectivity index (χ0n) is 18.8. The third-order valence-corrected chi connectivity index (χ3v) is 5.59. The molecule has 2 heterocycles. The van der Waals surface area contributed by atoms with Crippen LogP contribution in [0.15, 0.2) is 65.1 Å². The Morgan fingerprint density at radius 3 is 2.31 bits per heavy atom. The number of amides is 2. The number of piperazine rings is 1. The Labute approximate surface area is 200 Å². The van der Waals surface area contributed by atoms with Gasteiger partial charge in [-0.05, 0) is 36.4 Å². The number of hydrogen-bond donors (Lipinski definition) is 1. The highest BCUT2D eigenvalue weighted by atomic mass is 16.6. The number of nitrogens with one attached hydrogen (secondary N) is 1. The molecule has 11 heteroatoms. The first-order chi connectivity index (χ1) is 16.9. The Bertz CT molecular complexity index is 1260. The number of benzene rings is 2. The van der Waals surface area contributed by atoms with E-state index in [0.29, 0.717) is 43.1 Å². The maximum Gasteiger partial charge on any atom is 0.433 e. The van der Waals surface area contributed by atoms with Crippen LogP contribution in [0.1, 0.15) is 31.3 Å². The molecule has 2 aromatic carbocycles. The van der Waals surface area contributed by atoms with Crippen LogP contribution in [0.25, 0.3) is 0 Å². The molecule has 35 heavy (non-hydrogen) atoms. The van der Waals surface area contributed by atoms with Crippen LogP contribution < -0.4 is 10.2 Å². The number of methoxy groups -OCH3 is 1. The van der Waals surface area contributed by atoms with Crippen molar-refractivity contribution in [2.24, 2.45) is 0 Å². The summed E-state index contributed by atoms with van der Waals surface area (Å²) < 4.78 is 9.76. The summed E-state index contributed by atoms with van der Waals surface area (Å²) in [6, 6.07) is 16.0. The predicted octanol–water partition coefficient (Wildman–Crippen LogP) is 3.19. The fourth-order valence-electron chi connectivity index (χ4n) is 3.80. The summed E-state index contributed by atoms with van der Waals surface area (Å²) in [6.07, 6.45) is 0. The van der Waals surface area contributed by atoms with Gasteiger partial charge in [-0.2, -0.15) is 0 Å². The number of esters is 1.